The van der Waals surface area contributed by atoms with Gasteiger partial charge in [0, 0.05) is 41.2 Å². The molecule has 566 valence electrons. The van der Waals surface area contributed by atoms with Gasteiger partial charge in [-0.3, -0.25) is 0 Å². The highest BCUT2D eigenvalue weighted by molar-refractivity contribution is 8.09. The highest BCUT2D eigenvalue weighted by atomic mass is 32.2. The Morgan fingerprint density at radius 2 is 0.827 bits per heavy atom. The number of aryl methyl sites for hydroxylation is 1. The van der Waals surface area contributed by atoms with Gasteiger partial charge in [0.15, 0.2) is 0 Å². The Kier molecular flexibility index (Phi) is 29.8. The van der Waals surface area contributed by atoms with E-state index in [0.717, 1.165) is 107 Å². The first-order valence-electron chi connectivity index (χ1n) is 41.9. The highest BCUT2D eigenvalue weighted by Gasteiger charge is 2.52. The molecule has 15 heteroatoms. The summed E-state index contributed by atoms with van der Waals surface area (Å²) in [5, 5.41) is 0.394. The topological polar surface area (TPSA) is 95.8 Å². The molecule has 5 aromatic heterocycles. The second-order valence-corrected chi connectivity index (χ2v) is 39.6. The van der Waals surface area contributed by atoms with Crippen LogP contribution in [0.2, 0.25) is 0 Å². The van der Waals surface area contributed by atoms with Gasteiger partial charge in [0.25, 0.3) is 0 Å². The zero-order valence-corrected chi connectivity index (χ0v) is 71.3. The number of hydrogen-bond acceptors (Lipinski definition) is 15. The lowest BCUT2D eigenvalue weighted by Crippen LogP contribution is -2.42. The number of hydrogen-bond donors (Lipinski definition) is 0. The lowest BCUT2D eigenvalue weighted by atomic mass is 9.73. The molecular weight excluding hydrogens is 1410 g/mol. The van der Waals surface area contributed by atoms with Crippen LogP contribution in [0.1, 0.15) is 350 Å². The largest absolute Gasteiger partial charge is 0.481 e. The van der Waals surface area contributed by atoms with E-state index in [0.29, 0.717) is 23.7 Å². The lowest BCUT2D eigenvalue weighted by Gasteiger charge is -2.42. The van der Waals surface area contributed by atoms with E-state index in [1.807, 2.05) is 22.7 Å². The summed E-state index contributed by atoms with van der Waals surface area (Å²) in [7, 11) is 0. The molecule has 0 radical (unpaired) electrons. The summed E-state index contributed by atoms with van der Waals surface area (Å²) < 4.78 is 46.6. The van der Waals surface area contributed by atoms with E-state index in [4.69, 9.17) is 35.7 Å². The third-order valence-electron chi connectivity index (χ3n) is 24.1. The molecule has 8 nitrogen and oxygen atoms in total. The summed E-state index contributed by atoms with van der Waals surface area (Å²) >= 11 is 12.2. The molecule has 8 atom stereocenters. The van der Waals surface area contributed by atoms with Crippen molar-refractivity contribution >= 4 is 124 Å². The summed E-state index contributed by atoms with van der Waals surface area (Å²) in [6.07, 6.45) is 47.8. The van der Waals surface area contributed by atoms with Gasteiger partial charge < -0.3 is 9.47 Å². The van der Waals surface area contributed by atoms with E-state index in [2.05, 4.69) is 154 Å². The second-order valence-electron chi connectivity index (χ2n) is 33.5. The average molecular weight is 1540 g/mol. The molecule has 104 heavy (non-hydrogen) atoms. The molecule has 0 saturated heterocycles. The van der Waals surface area contributed by atoms with Crippen molar-refractivity contribution in [2.75, 3.05) is 0 Å². The number of thiophene rings is 2. The Hall–Kier alpha value is -3.70. The van der Waals surface area contributed by atoms with Gasteiger partial charge in [-0.1, -0.05) is 298 Å². The summed E-state index contributed by atoms with van der Waals surface area (Å²) in [5.74, 6) is 6.07. The molecular formula is C89H126N6O2S7. The Bertz CT molecular complexity index is 4070. The summed E-state index contributed by atoms with van der Waals surface area (Å²) in [6, 6.07) is 21.0. The molecule has 0 N–H and O–H groups in total. The van der Waals surface area contributed by atoms with Gasteiger partial charge in [0.05, 0.1) is 44.9 Å². The van der Waals surface area contributed by atoms with E-state index in [1.54, 1.807) is 11.1 Å². The van der Waals surface area contributed by atoms with Crippen molar-refractivity contribution < 1.29 is 9.47 Å². The van der Waals surface area contributed by atoms with Crippen molar-refractivity contribution in [2.24, 2.45) is 35.5 Å². The van der Waals surface area contributed by atoms with Gasteiger partial charge in [0.2, 0.25) is 0 Å². The van der Waals surface area contributed by atoms with E-state index >= 15 is 0 Å². The normalized spacial score (nSPS) is 19.9. The number of ether oxygens (including phenoxy) is 2. The van der Waals surface area contributed by atoms with Crippen molar-refractivity contribution in [2.45, 2.75) is 342 Å². The second kappa shape index (κ2) is 38.8. The number of aromatic nitrogens is 6. The molecule has 3 aromatic carbocycles. The van der Waals surface area contributed by atoms with Gasteiger partial charge in [-0.25, -0.2) is 0 Å². The van der Waals surface area contributed by atoms with Gasteiger partial charge in [-0.15, -0.1) is 46.2 Å². The average Bonchev–Trinajstić information content (AvgIpc) is 1.56. The predicted octanol–water partition coefficient (Wildman–Crippen LogP) is 30.8. The number of thioether (sulfide) groups is 2. The first-order chi connectivity index (χ1) is 50.7. The van der Waals surface area contributed by atoms with Crippen molar-refractivity contribution in [3.8, 4) is 32.4 Å². The fourth-order valence-corrected chi connectivity index (χ4v) is 25.3. The number of fused-ring (bicyclic) bond motifs is 7. The standard InChI is InChI=1S/C89H126N6O2S7/c1-12-16-20-24-26-30-41-64(39-28-22-18-14-3)57-88(51-49-61(9)37-32-35-59(5)6)70-53-75(67-46-45-63(11)79-81(67)93-103-91-79)98-85(70)87-74(97-88)56-78(101-87)69-48-47-68(82-83(69)95-104-94-82)76-54-71-84(99-76)86-73(55-77(100-86)66-43-34-44-72-80(66)92-102-90-72)96-89(71,52-50-62(10)38-33-36-60(7)8)58-65(40-29-23-19-15-4)42-31-27-25-21-17-13-2/h34,43-48,55-56,59-62,64-65,75-76H,12-33,35-42,49-54,57-58H2,1-11H3. The Morgan fingerprint density at radius 1 is 0.413 bits per heavy atom. The maximum Gasteiger partial charge on any atom is 0.140 e. The molecule has 0 amide bonds. The Labute approximate surface area is 656 Å². The fourth-order valence-electron chi connectivity index (χ4n) is 17.9. The molecule has 0 bridgehead atoms. The van der Waals surface area contributed by atoms with E-state index < -0.39 is 11.2 Å². The lowest BCUT2D eigenvalue weighted by molar-refractivity contribution is 0.0530. The molecule has 0 aliphatic carbocycles. The van der Waals surface area contributed by atoms with Crippen LogP contribution in [0, 0.1) is 42.4 Å². The number of rotatable bonds is 46. The minimum absolute atomic E-state index is 0.163. The van der Waals surface area contributed by atoms with E-state index in [-0.39, 0.29) is 10.5 Å². The van der Waals surface area contributed by atoms with Crippen LogP contribution in [0.15, 0.2) is 65.7 Å². The molecule has 8 unspecified atom stereocenters. The molecule has 9 heterocycles. The zero-order chi connectivity index (χ0) is 72.6. The minimum Gasteiger partial charge on any atom is -0.481 e. The van der Waals surface area contributed by atoms with Gasteiger partial charge in [-0.05, 0) is 140 Å². The van der Waals surface area contributed by atoms with Crippen LogP contribution in [-0.4, -0.2) is 37.4 Å². The Morgan fingerprint density at radius 3 is 1.32 bits per heavy atom. The maximum absolute atomic E-state index is 8.19. The van der Waals surface area contributed by atoms with Crippen LogP contribution in [0.3, 0.4) is 0 Å². The maximum atomic E-state index is 8.19. The SMILES string of the molecule is CCCCCCCCC(CCCCCC)CC1(CCC(C)CCCC(C)C)Oc2cc(-c3cccc4nsnc34)sc2C2=C1CC(c1ccc(-c3cc4c(s3)C3=C(CC(c5ccc(C)c6nsnc56)S3)C(CCC(C)CCCC(C)C)(CC(CCCCCC)CCCCCCCC)O4)c3nsnc13)S2. The quantitative estimate of drug-likeness (QED) is 0.0343. The van der Waals surface area contributed by atoms with Crippen molar-refractivity contribution in [3.63, 3.8) is 0 Å². The molecule has 4 aliphatic heterocycles. The van der Waals surface area contributed by atoms with Crippen LogP contribution in [0.25, 0.3) is 63.8 Å². The van der Waals surface area contributed by atoms with Crippen molar-refractivity contribution in [1.29, 1.82) is 0 Å². The first-order valence-corrected chi connectivity index (χ1v) is 47.5. The fraction of sp³-hybridized carbons (Fsp3) is 0.663. The van der Waals surface area contributed by atoms with Crippen molar-refractivity contribution in [1.82, 2.24) is 26.2 Å². The number of unbranched alkanes of at least 4 members (excludes halogenated alkanes) is 16. The smallest absolute Gasteiger partial charge is 0.140 e. The molecule has 0 fully saturated rings. The number of nitrogens with zero attached hydrogens (tertiary/aromatic N) is 6. The highest BCUT2D eigenvalue weighted by Crippen LogP contribution is 2.67. The summed E-state index contributed by atoms with van der Waals surface area (Å²) in [6.45, 7) is 26.2. The summed E-state index contributed by atoms with van der Waals surface area (Å²) in [5.41, 5.74) is 14.7. The summed E-state index contributed by atoms with van der Waals surface area (Å²) in [4.78, 5) is 8.01. The molecule has 8 aromatic rings. The number of benzene rings is 3. The monoisotopic (exact) mass is 1530 g/mol. The Balaban J connectivity index is 0.923. The van der Waals surface area contributed by atoms with Crippen LogP contribution < -0.4 is 9.47 Å². The van der Waals surface area contributed by atoms with Crippen LogP contribution in [-0.2, 0) is 0 Å². The van der Waals surface area contributed by atoms with Crippen LogP contribution >= 0.6 is 81.4 Å². The van der Waals surface area contributed by atoms with Crippen LogP contribution in [0.4, 0.5) is 0 Å². The van der Waals surface area contributed by atoms with Gasteiger partial charge in [-0.2, -0.15) is 26.2 Å². The third-order valence-corrected chi connectivity index (χ3v) is 31.1. The molecule has 4 aliphatic rings. The van der Waals surface area contributed by atoms with Gasteiger partial charge in [0.1, 0.15) is 55.8 Å². The van der Waals surface area contributed by atoms with E-state index in [1.165, 1.54) is 286 Å². The van der Waals surface area contributed by atoms with Gasteiger partial charge >= 0.3 is 0 Å². The minimum atomic E-state index is -0.409. The molecule has 0 saturated carbocycles. The zero-order valence-electron chi connectivity index (χ0n) is 65.5. The van der Waals surface area contributed by atoms with Crippen molar-refractivity contribution in [3.05, 3.63) is 92.2 Å². The third kappa shape index (κ3) is 19.5. The van der Waals surface area contributed by atoms with Crippen LogP contribution in [0.5, 0.6) is 11.5 Å². The molecule has 12 rings (SSSR count). The molecule has 0 spiro atoms. The predicted molar refractivity (Wildman–Crippen MR) is 458 cm³/mol. The van der Waals surface area contributed by atoms with E-state index in [9.17, 15) is 0 Å². The first kappa shape index (κ1) is 79.8.